The molecule has 0 amide bonds. The first-order valence-corrected chi connectivity index (χ1v) is 9.71. The van der Waals surface area contributed by atoms with E-state index in [4.69, 9.17) is 4.74 Å². The Morgan fingerprint density at radius 2 is 1.62 bits per heavy atom. The van der Waals surface area contributed by atoms with Gasteiger partial charge >= 0.3 is 0 Å². The minimum Gasteiger partial charge on any atom is -0.493 e. The average Bonchev–Trinajstić information content (AvgIpc) is 2.52. The van der Waals surface area contributed by atoms with Crippen LogP contribution in [0.4, 0.5) is 0 Å². The number of allylic oxidation sites excluding steroid dienone is 6. The lowest BCUT2D eigenvalue weighted by atomic mass is 9.78. The van der Waals surface area contributed by atoms with Gasteiger partial charge in [-0.3, -0.25) is 0 Å². The summed E-state index contributed by atoms with van der Waals surface area (Å²) in [5.74, 6) is 1.03. The van der Waals surface area contributed by atoms with Crippen molar-refractivity contribution in [3.63, 3.8) is 0 Å². The predicted molar refractivity (Wildman–Crippen MR) is 117 cm³/mol. The highest BCUT2D eigenvalue weighted by molar-refractivity contribution is 5.73. The van der Waals surface area contributed by atoms with Gasteiger partial charge in [0.15, 0.2) is 0 Å². The molecule has 0 heterocycles. The molecule has 0 fully saturated rings. The van der Waals surface area contributed by atoms with E-state index in [-0.39, 0.29) is 10.8 Å². The van der Waals surface area contributed by atoms with Gasteiger partial charge in [-0.25, -0.2) is 0 Å². The molecular formula is C25H38O. The lowest BCUT2D eigenvalue weighted by Crippen LogP contribution is -2.19. The van der Waals surface area contributed by atoms with Crippen molar-refractivity contribution in [1.82, 2.24) is 0 Å². The van der Waals surface area contributed by atoms with Gasteiger partial charge in [-0.1, -0.05) is 77.5 Å². The smallest absolute Gasteiger partial charge is 0.130 e. The number of hydrogen-bond acceptors (Lipinski definition) is 1. The lowest BCUT2D eigenvalue weighted by Gasteiger charge is -2.29. The fourth-order valence-electron chi connectivity index (χ4n) is 2.74. The summed E-state index contributed by atoms with van der Waals surface area (Å²) in [6.45, 7) is 22.7. The Morgan fingerprint density at radius 1 is 1.00 bits per heavy atom. The second-order valence-electron chi connectivity index (χ2n) is 9.07. The monoisotopic (exact) mass is 354 g/mol. The first-order chi connectivity index (χ1) is 11.9. The maximum atomic E-state index is 6.16. The SMILES string of the molecule is C/C=C(C)/C=C/C=C(\C)c1cc(C(C)(C)C)cc(C(C)(C)C)c1OCC. The van der Waals surface area contributed by atoms with E-state index in [1.165, 1.54) is 27.8 Å². The molecule has 0 aliphatic heterocycles. The largest absolute Gasteiger partial charge is 0.493 e. The number of benzene rings is 1. The molecule has 26 heavy (non-hydrogen) atoms. The first-order valence-electron chi connectivity index (χ1n) is 9.71. The molecule has 144 valence electrons. The number of hydrogen-bond donors (Lipinski definition) is 0. The van der Waals surface area contributed by atoms with E-state index in [0.29, 0.717) is 6.61 Å². The zero-order valence-corrected chi connectivity index (χ0v) is 18.6. The summed E-state index contributed by atoms with van der Waals surface area (Å²) in [4.78, 5) is 0. The van der Waals surface area contributed by atoms with E-state index in [1.54, 1.807) is 0 Å². The number of rotatable bonds is 5. The molecule has 0 N–H and O–H groups in total. The van der Waals surface area contributed by atoms with Gasteiger partial charge in [-0.2, -0.15) is 0 Å². The second-order valence-corrected chi connectivity index (χ2v) is 9.07. The molecule has 1 nitrogen and oxygen atoms in total. The van der Waals surface area contributed by atoms with Crippen LogP contribution >= 0.6 is 0 Å². The van der Waals surface area contributed by atoms with Crippen LogP contribution in [0, 0.1) is 0 Å². The fourth-order valence-corrected chi connectivity index (χ4v) is 2.74. The molecule has 0 aromatic heterocycles. The molecule has 1 heteroatoms. The van der Waals surface area contributed by atoms with Crippen molar-refractivity contribution in [3.8, 4) is 5.75 Å². The van der Waals surface area contributed by atoms with E-state index in [2.05, 4.69) is 106 Å². The summed E-state index contributed by atoms with van der Waals surface area (Å²) in [6.07, 6.45) is 8.57. The van der Waals surface area contributed by atoms with Crippen LogP contribution in [0.2, 0.25) is 0 Å². The van der Waals surface area contributed by atoms with Gasteiger partial charge in [0.25, 0.3) is 0 Å². The van der Waals surface area contributed by atoms with Gasteiger partial charge < -0.3 is 4.74 Å². The van der Waals surface area contributed by atoms with Crippen LogP contribution in [0.1, 0.15) is 85.9 Å². The molecular weight excluding hydrogens is 316 g/mol. The Morgan fingerprint density at radius 3 is 2.08 bits per heavy atom. The molecule has 0 radical (unpaired) electrons. The summed E-state index contributed by atoms with van der Waals surface area (Å²) in [6, 6.07) is 4.64. The van der Waals surface area contributed by atoms with Gasteiger partial charge in [0.2, 0.25) is 0 Å². The van der Waals surface area contributed by atoms with Gasteiger partial charge in [0.1, 0.15) is 5.75 Å². The Bertz CT molecular complexity index is 701. The van der Waals surface area contributed by atoms with Crippen molar-refractivity contribution < 1.29 is 4.74 Å². The van der Waals surface area contributed by atoms with Crippen LogP contribution in [0.3, 0.4) is 0 Å². The Kier molecular flexibility index (Phi) is 7.50. The van der Waals surface area contributed by atoms with Crippen molar-refractivity contribution in [2.24, 2.45) is 0 Å². The maximum absolute atomic E-state index is 6.16. The summed E-state index contributed by atoms with van der Waals surface area (Å²) in [5.41, 5.74) is 6.44. The third-order valence-corrected chi connectivity index (χ3v) is 4.64. The standard InChI is InChI=1S/C25H38O/c1-11-18(3)14-13-15-19(4)21-16-20(24(5,6)7)17-22(25(8,9)10)23(21)26-12-2/h11,13-17H,12H2,1-10H3/b14-13+,18-11+,19-15+. The summed E-state index contributed by atoms with van der Waals surface area (Å²) in [5, 5.41) is 0. The molecule has 0 saturated carbocycles. The second kappa shape index (κ2) is 8.75. The fraction of sp³-hybridized carbons (Fsp3) is 0.520. The average molecular weight is 355 g/mol. The van der Waals surface area contributed by atoms with Gasteiger partial charge in [0, 0.05) is 11.1 Å². The van der Waals surface area contributed by atoms with E-state index in [9.17, 15) is 0 Å². The Hall–Kier alpha value is -1.76. The van der Waals surface area contributed by atoms with Crippen LogP contribution in [-0.4, -0.2) is 6.61 Å². The Labute approximate surface area is 161 Å². The van der Waals surface area contributed by atoms with Gasteiger partial charge in [-0.05, 0) is 55.7 Å². The molecule has 1 rings (SSSR count). The van der Waals surface area contributed by atoms with E-state index in [1.807, 2.05) is 0 Å². The van der Waals surface area contributed by atoms with Crippen LogP contribution < -0.4 is 4.74 Å². The topological polar surface area (TPSA) is 9.23 Å². The zero-order chi connectivity index (χ0) is 20.1. The lowest BCUT2D eigenvalue weighted by molar-refractivity contribution is 0.328. The van der Waals surface area contributed by atoms with Gasteiger partial charge in [-0.15, -0.1) is 0 Å². The summed E-state index contributed by atoms with van der Waals surface area (Å²) in [7, 11) is 0. The molecule has 0 bridgehead atoms. The molecule has 1 aromatic carbocycles. The van der Waals surface area contributed by atoms with Crippen LogP contribution in [0.25, 0.3) is 5.57 Å². The molecule has 0 unspecified atom stereocenters. The molecule has 0 atom stereocenters. The number of ether oxygens (including phenoxy) is 1. The van der Waals surface area contributed by atoms with Crippen molar-refractivity contribution in [2.45, 2.75) is 80.1 Å². The quantitative estimate of drug-likeness (QED) is 0.494. The van der Waals surface area contributed by atoms with E-state index < -0.39 is 0 Å². The minimum atomic E-state index is 0.0260. The van der Waals surface area contributed by atoms with Crippen LogP contribution in [0.15, 0.2) is 42.0 Å². The van der Waals surface area contributed by atoms with Crippen LogP contribution in [0.5, 0.6) is 5.75 Å². The summed E-state index contributed by atoms with van der Waals surface area (Å²) >= 11 is 0. The van der Waals surface area contributed by atoms with Crippen molar-refractivity contribution in [3.05, 3.63) is 58.7 Å². The van der Waals surface area contributed by atoms with Crippen LogP contribution in [-0.2, 0) is 10.8 Å². The normalized spacial score (nSPS) is 14.2. The zero-order valence-electron chi connectivity index (χ0n) is 18.6. The predicted octanol–water partition coefficient (Wildman–Crippen LogP) is 7.61. The molecule has 0 saturated heterocycles. The molecule has 1 aromatic rings. The van der Waals surface area contributed by atoms with Crippen molar-refractivity contribution in [2.75, 3.05) is 6.61 Å². The highest BCUT2D eigenvalue weighted by Gasteiger charge is 2.26. The maximum Gasteiger partial charge on any atom is 0.130 e. The van der Waals surface area contributed by atoms with E-state index >= 15 is 0 Å². The first kappa shape index (κ1) is 22.3. The third-order valence-electron chi connectivity index (χ3n) is 4.64. The minimum absolute atomic E-state index is 0.0260. The molecule has 0 spiro atoms. The van der Waals surface area contributed by atoms with Crippen molar-refractivity contribution >= 4 is 5.57 Å². The van der Waals surface area contributed by atoms with E-state index in [0.717, 1.165) is 5.75 Å². The highest BCUT2D eigenvalue weighted by Crippen LogP contribution is 2.41. The molecule has 0 aliphatic rings. The summed E-state index contributed by atoms with van der Waals surface area (Å²) < 4.78 is 6.16. The highest BCUT2D eigenvalue weighted by atomic mass is 16.5. The third kappa shape index (κ3) is 5.90. The Balaban J connectivity index is 3.66. The van der Waals surface area contributed by atoms with Crippen molar-refractivity contribution in [1.29, 1.82) is 0 Å². The molecule has 0 aliphatic carbocycles. The van der Waals surface area contributed by atoms with Gasteiger partial charge in [0.05, 0.1) is 6.61 Å².